The Morgan fingerprint density at radius 1 is 0.631 bits per heavy atom. The van der Waals surface area contributed by atoms with Gasteiger partial charge in [-0.3, -0.25) is 4.79 Å². The molecule has 0 unspecified atom stereocenters. The van der Waals surface area contributed by atoms with Gasteiger partial charge in [0.05, 0.1) is 53.4 Å². The van der Waals surface area contributed by atoms with Crippen LogP contribution in [0.5, 0.6) is 11.8 Å². The van der Waals surface area contributed by atoms with Crippen LogP contribution in [0.25, 0.3) is 0 Å². The smallest absolute Gasteiger partial charge is 0.410 e. The molecule has 0 atom stereocenters. The van der Waals surface area contributed by atoms with E-state index in [2.05, 4.69) is 22.2 Å². The molecule has 4 aliphatic rings. The SMILES string of the molecule is CCCc1cc(OCc2cc(Cl)ccc2F)n(CCC2(O)CCCC2)n1.CN(CC1=NN(CCC2(O)CCCC2)C(=O)C1)C(=O)OC(C)(C)C.CN(Cc1cc(OCc2cc(Cl)ccc2F)n(CCC2(O)CCCC2)n1)C(=O)OC(C)(C)C.Cl. The van der Waals surface area contributed by atoms with Crippen molar-refractivity contribution in [2.24, 2.45) is 5.10 Å². The lowest BCUT2D eigenvalue weighted by Crippen LogP contribution is -2.37. The Hall–Kier alpha value is -5.25. The molecule has 3 heterocycles. The van der Waals surface area contributed by atoms with E-state index in [0.29, 0.717) is 83.2 Å². The summed E-state index contributed by atoms with van der Waals surface area (Å²) >= 11 is 11.9. The molecule has 18 nitrogen and oxygen atoms in total. The number of nitrogens with zero attached hydrogens (tertiary/aromatic N) is 8. The second kappa shape index (κ2) is 30.9. The molecule has 4 aromatic rings. The summed E-state index contributed by atoms with van der Waals surface area (Å²) in [7, 11) is 3.27. The maximum atomic E-state index is 14.1. The highest BCUT2D eigenvalue weighted by Crippen LogP contribution is 2.36. The van der Waals surface area contributed by atoms with Gasteiger partial charge in [0.25, 0.3) is 0 Å². The number of carbonyl (C=O) groups is 3. The van der Waals surface area contributed by atoms with Gasteiger partial charge < -0.3 is 44.1 Å². The first-order chi connectivity index (χ1) is 39.0. The number of amides is 3. The summed E-state index contributed by atoms with van der Waals surface area (Å²) in [6.45, 7) is 15.0. The molecule has 2 aromatic heterocycles. The number of hydrazone groups is 1. The van der Waals surface area contributed by atoms with Crippen LogP contribution in [0.4, 0.5) is 18.4 Å². The van der Waals surface area contributed by atoms with E-state index in [1.807, 2.05) is 47.6 Å². The number of aromatic nitrogens is 4. The largest absolute Gasteiger partial charge is 0.473 e. The third-order valence-electron chi connectivity index (χ3n) is 15.0. The molecule has 0 radical (unpaired) electrons. The molecule has 23 heteroatoms. The summed E-state index contributed by atoms with van der Waals surface area (Å²) in [6.07, 6.45) is 14.0. The van der Waals surface area contributed by atoms with Crippen LogP contribution in [0, 0.1) is 11.6 Å². The number of aliphatic hydroxyl groups is 3. The first-order valence-electron chi connectivity index (χ1n) is 29.2. The molecule has 2 aromatic carbocycles. The molecule has 8 rings (SSSR count). The minimum absolute atomic E-state index is 0. The van der Waals surface area contributed by atoms with E-state index in [4.69, 9.17) is 42.1 Å². The van der Waals surface area contributed by atoms with Crippen molar-refractivity contribution in [1.82, 2.24) is 34.4 Å². The first kappa shape index (κ1) is 69.5. The fraction of sp³-hybridized carbons (Fsp3) is 0.639. The van der Waals surface area contributed by atoms with Crippen molar-refractivity contribution >= 4 is 59.4 Å². The zero-order valence-corrected chi connectivity index (χ0v) is 52.8. The third-order valence-corrected chi connectivity index (χ3v) is 15.4. The Bertz CT molecular complexity index is 2820. The van der Waals surface area contributed by atoms with E-state index >= 15 is 0 Å². The van der Waals surface area contributed by atoms with Crippen molar-refractivity contribution < 1.29 is 57.4 Å². The number of hydrogen-bond donors (Lipinski definition) is 3. The second-order valence-corrected chi connectivity index (χ2v) is 25.6. The van der Waals surface area contributed by atoms with Gasteiger partial charge in [0.2, 0.25) is 17.7 Å². The van der Waals surface area contributed by atoms with Gasteiger partial charge in [0, 0.05) is 67.0 Å². The van der Waals surface area contributed by atoms with Crippen molar-refractivity contribution in [1.29, 1.82) is 0 Å². The molecule has 3 N–H and O–H groups in total. The highest BCUT2D eigenvalue weighted by Gasteiger charge is 2.35. The van der Waals surface area contributed by atoms with Crippen LogP contribution in [0.3, 0.4) is 0 Å². The Morgan fingerprint density at radius 3 is 1.44 bits per heavy atom. The fourth-order valence-corrected chi connectivity index (χ4v) is 10.8. The highest BCUT2D eigenvalue weighted by molar-refractivity contribution is 6.30. The molecular formula is C61H89Cl3F2N8O10. The second-order valence-electron chi connectivity index (χ2n) is 24.8. The van der Waals surface area contributed by atoms with Gasteiger partial charge >= 0.3 is 12.2 Å². The summed E-state index contributed by atoms with van der Waals surface area (Å²) in [5.41, 5.74) is -0.149. The number of benzene rings is 2. The zero-order chi connectivity index (χ0) is 60.8. The maximum absolute atomic E-state index is 14.1. The zero-order valence-electron chi connectivity index (χ0n) is 50.5. The fourth-order valence-electron chi connectivity index (χ4n) is 10.4. The van der Waals surface area contributed by atoms with E-state index in [0.717, 1.165) is 95.6 Å². The standard InChI is InChI=1S/C24H33ClFN3O4.C20H26ClFN2O2.C17H29N3O4.ClH/c1-23(2,3)33-22(30)28(4)15-19-14-21(32-16-17-13-18(25)7-8-20(17)26)29(27-19)12-11-24(31)9-5-6-10-24;1-2-5-17-13-19(26-14-15-12-16(21)6-7-18(15)22)24(23-17)11-10-20(25)8-3-4-9-20;1-16(2,3)24-15(22)19(4)12-13-11-14(21)20(18-13)10-9-17(23)7-5-6-8-17;/h7-8,13-14,31H,5-6,9-12,15-16H2,1-4H3;6-7,12-13,25H,2-5,8-11,14H2,1H3;23H,5-12H2,1-4H3;1H. The van der Waals surface area contributed by atoms with Crippen molar-refractivity contribution in [3.05, 3.63) is 92.7 Å². The molecule has 3 saturated carbocycles. The molecule has 0 spiro atoms. The van der Waals surface area contributed by atoms with Crippen molar-refractivity contribution in [2.45, 2.75) is 225 Å². The van der Waals surface area contributed by atoms with Crippen LogP contribution in [0.2, 0.25) is 10.0 Å². The molecule has 3 amide bonds. The van der Waals surface area contributed by atoms with E-state index in [1.165, 1.54) is 45.1 Å². The minimum atomic E-state index is -0.699. The van der Waals surface area contributed by atoms with E-state index in [9.17, 15) is 38.5 Å². The van der Waals surface area contributed by atoms with Crippen LogP contribution in [0.15, 0.2) is 53.6 Å². The van der Waals surface area contributed by atoms with Crippen molar-refractivity contribution in [3.8, 4) is 11.8 Å². The monoisotopic (exact) mass is 1240 g/mol. The first-order valence-corrected chi connectivity index (χ1v) is 30.0. The number of halogens is 5. The summed E-state index contributed by atoms with van der Waals surface area (Å²) in [5, 5.41) is 47.5. The Labute approximate surface area is 510 Å². The highest BCUT2D eigenvalue weighted by atomic mass is 35.5. The van der Waals surface area contributed by atoms with Crippen LogP contribution in [0.1, 0.15) is 180 Å². The van der Waals surface area contributed by atoms with Crippen LogP contribution >= 0.6 is 35.6 Å². The summed E-state index contributed by atoms with van der Waals surface area (Å²) in [5.74, 6) is 0.215. The lowest BCUT2D eigenvalue weighted by atomic mass is 9.98. The summed E-state index contributed by atoms with van der Waals surface area (Å²) in [4.78, 5) is 39.2. The number of rotatable bonds is 21. The molecule has 0 saturated heterocycles. The van der Waals surface area contributed by atoms with Crippen molar-refractivity contribution in [2.75, 3.05) is 27.2 Å². The van der Waals surface area contributed by atoms with Crippen molar-refractivity contribution in [3.63, 3.8) is 0 Å². The number of hydrogen-bond acceptors (Lipinski definition) is 13. The van der Waals surface area contributed by atoms with E-state index < -0.39 is 46.0 Å². The molecule has 3 fully saturated rings. The average Bonchev–Trinajstić information content (AvgIpc) is 4.49. The van der Waals surface area contributed by atoms with Gasteiger partial charge in [0.15, 0.2) is 0 Å². The topological polar surface area (TPSA) is 207 Å². The van der Waals surface area contributed by atoms with Crippen LogP contribution < -0.4 is 9.47 Å². The molecule has 84 heavy (non-hydrogen) atoms. The molecular weight excluding hydrogens is 1150 g/mol. The average molecular weight is 1240 g/mol. The summed E-state index contributed by atoms with van der Waals surface area (Å²) in [6, 6.07) is 12.4. The predicted octanol–water partition coefficient (Wildman–Crippen LogP) is 12.8. The van der Waals surface area contributed by atoms with Gasteiger partial charge in [-0.15, -0.1) is 12.4 Å². The van der Waals surface area contributed by atoms with E-state index in [-0.39, 0.29) is 56.9 Å². The van der Waals surface area contributed by atoms with Crippen LogP contribution in [-0.2, 0) is 53.5 Å². The lowest BCUT2D eigenvalue weighted by Gasteiger charge is -2.24. The van der Waals surface area contributed by atoms with Gasteiger partial charge in [-0.05, 0) is 142 Å². The molecule has 1 aliphatic heterocycles. The molecule has 468 valence electrons. The molecule has 3 aliphatic carbocycles. The lowest BCUT2D eigenvalue weighted by molar-refractivity contribution is -0.129. The van der Waals surface area contributed by atoms with E-state index in [1.54, 1.807) is 35.6 Å². The van der Waals surface area contributed by atoms with Crippen LogP contribution in [-0.4, -0.2) is 129 Å². The predicted molar refractivity (Wildman–Crippen MR) is 322 cm³/mol. The Balaban J connectivity index is 0.000000233. The Morgan fingerprint density at radius 2 is 1.02 bits per heavy atom. The maximum Gasteiger partial charge on any atom is 0.410 e. The van der Waals surface area contributed by atoms with Gasteiger partial charge in [0.1, 0.15) is 36.1 Å². The van der Waals surface area contributed by atoms with Gasteiger partial charge in [-0.2, -0.15) is 15.3 Å². The molecule has 0 bridgehead atoms. The quantitative estimate of drug-likeness (QED) is 0.0712. The third kappa shape index (κ3) is 22.2. The normalized spacial score (nSPS) is 16.9. The summed E-state index contributed by atoms with van der Waals surface area (Å²) < 4.78 is 53.9. The van der Waals surface area contributed by atoms with Gasteiger partial charge in [-0.25, -0.2) is 32.7 Å². The Kier molecular flexibility index (Phi) is 25.6. The number of aryl methyl sites for hydroxylation is 3. The minimum Gasteiger partial charge on any atom is -0.473 e. The number of ether oxygens (including phenoxy) is 4. The van der Waals surface area contributed by atoms with Gasteiger partial charge in [-0.1, -0.05) is 75.1 Å². The number of carbonyl (C=O) groups excluding carboxylic acids is 3.